The van der Waals surface area contributed by atoms with Crippen LogP contribution >= 0.6 is 0 Å². The van der Waals surface area contributed by atoms with Crippen molar-refractivity contribution in [2.75, 3.05) is 27.2 Å². The van der Waals surface area contributed by atoms with Crippen molar-refractivity contribution in [1.29, 1.82) is 0 Å². The third-order valence-corrected chi connectivity index (χ3v) is 6.01. The zero-order valence-electron chi connectivity index (χ0n) is 17.2. The Morgan fingerprint density at radius 1 is 1.00 bits per heavy atom. The second-order valence-electron chi connectivity index (χ2n) is 8.17. The molecule has 2 heterocycles. The van der Waals surface area contributed by atoms with E-state index in [9.17, 15) is 5.11 Å². The second-order valence-corrected chi connectivity index (χ2v) is 8.17. The van der Waals surface area contributed by atoms with E-state index in [1.807, 2.05) is 54.7 Å². The Hall–Kier alpha value is -2.53. The number of piperidine rings is 1. The van der Waals surface area contributed by atoms with Gasteiger partial charge in [0.2, 0.25) is 0 Å². The van der Waals surface area contributed by atoms with Crippen LogP contribution in [-0.2, 0) is 12.1 Å². The Balaban J connectivity index is 1.47. The minimum absolute atomic E-state index is 0.0476. The molecule has 1 aliphatic rings. The van der Waals surface area contributed by atoms with Gasteiger partial charge in [-0.2, -0.15) is 0 Å². The van der Waals surface area contributed by atoms with E-state index < -0.39 is 5.60 Å². The number of hydrogen-bond donors (Lipinski definition) is 1. The van der Waals surface area contributed by atoms with Crippen molar-refractivity contribution in [3.05, 3.63) is 90.1 Å². The summed E-state index contributed by atoms with van der Waals surface area (Å²) in [7, 11) is 4.12. The van der Waals surface area contributed by atoms with Gasteiger partial charge in [0.25, 0.3) is 0 Å². The molecule has 0 amide bonds. The van der Waals surface area contributed by atoms with Gasteiger partial charge in [-0.05, 0) is 43.8 Å². The zero-order valence-corrected chi connectivity index (χ0v) is 17.2. The summed E-state index contributed by atoms with van der Waals surface area (Å²) in [5.74, 6) is 0. The Kier molecular flexibility index (Phi) is 5.76. The molecule has 0 bridgehead atoms. The number of aromatic nitrogens is 1. The van der Waals surface area contributed by atoms with Crippen molar-refractivity contribution >= 4 is 0 Å². The van der Waals surface area contributed by atoms with Gasteiger partial charge in [0.15, 0.2) is 0 Å². The Morgan fingerprint density at radius 3 is 2.38 bits per heavy atom. The maximum absolute atomic E-state index is 11.5. The van der Waals surface area contributed by atoms with Crippen LogP contribution in [0, 0.1) is 0 Å². The van der Waals surface area contributed by atoms with Crippen LogP contribution in [-0.4, -0.2) is 53.1 Å². The first kappa shape index (κ1) is 19.8. The van der Waals surface area contributed by atoms with Gasteiger partial charge in [0.05, 0.1) is 11.7 Å². The maximum atomic E-state index is 11.5. The van der Waals surface area contributed by atoms with Gasteiger partial charge in [-0.1, -0.05) is 60.7 Å². The lowest BCUT2D eigenvalue weighted by molar-refractivity contribution is -0.0892. The van der Waals surface area contributed by atoms with Gasteiger partial charge in [0.1, 0.15) is 5.60 Å². The Bertz CT molecular complexity index is 912. The van der Waals surface area contributed by atoms with Gasteiger partial charge in [-0.25, -0.2) is 0 Å². The van der Waals surface area contributed by atoms with Gasteiger partial charge in [-0.15, -0.1) is 0 Å². The summed E-state index contributed by atoms with van der Waals surface area (Å²) < 4.78 is 0. The molecule has 29 heavy (non-hydrogen) atoms. The predicted octanol–water partition coefficient (Wildman–Crippen LogP) is 3.77. The van der Waals surface area contributed by atoms with Crippen molar-refractivity contribution in [2.24, 2.45) is 0 Å². The first-order valence-corrected chi connectivity index (χ1v) is 10.2. The molecule has 4 heteroatoms. The number of benzene rings is 2. The SMILES string of the molecule is CN(C)[C@@H]1CN(Cc2ccc(-c3ccccn3)cc2)CC[C@]1(O)c1ccccc1. The van der Waals surface area contributed by atoms with Crippen LogP contribution in [0.25, 0.3) is 11.3 Å². The molecule has 1 aliphatic heterocycles. The lowest BCUT2D eigenvalue weighted by atomic mass is 9.79. The molecule has 4 nitrogen and oxygen atoms in total. The predicted molar refractivity (Wildman–Crippen MR) is 117 cm³/mol. The van der Waals surface area contributed by atoms with Crippen LogP contribution in [0.1, 0.15) is 17.5 Å². The van der Waals surface area contributed by atoms with Crippen molar-refractivity contribution in [2.45, 2.75) is 24.6 Å². The highest BCUT2D eigenvalue weighted by molar-refractivity contribution is 5.58. The molecule has 2 aromatic carbocycles. The van der Waals surface area contributed by atoms with Crippen LogP contribution in [0.5, 0.6) is 0 Å². The fourth-order valence-corrected chi connectivity index (χ4v) is 4.35. The van der Waals surface area contributed by atoms with Gasteiger partial charge < -0.3 is 10.0 Å². The summed E-state index contributed by atoms with van der Waals surface area (Å²) in [4.78, 5) is 9.02. The summed E-state index contributed by atoms with van der Waals surface area (Å²) in [6, 6.07) is 24.8. The number of likely N-dealkylation sites (N-methyl/N-ethyl adjacent to an activating group) is 1. The first-order chi connectivity index (χ1) is 14.1. The van der Waals surface area contributed by atoms with Crippen LogP contribution in [0.2, 0.25) is 0 Å². The molecule has 4 rings (SSSR count). The van der Waals surface area contributed by atoms with Crippen LogP contribution in [0.3, 0.4) is 0 Å². The fourth-order valence-electron chi connectivity index (χ4n) is 4.35. The molecule has 0 saturated carbocycles. The van der Waals surface area contributed by atoms with E-state index in [1.165, 1.54) is 5.56 Å². The van der Waals surface area contributed by atoms with Crippen molar-refractivity contribution in [3.8, 4) is 11.3 Å². The highest BCUT2D eigenvalue weighted by Gasteiger charge is 2.43. The van der Waals surface area contributed by atoms with Crippen LogP contribution in [0.15, 0.2) is 79.0 Å². The van der Waals surface area contributed by atoms with E-state index >= 15 is 0 Å². The molecule has 2 atom stereocenters. The van der Waals surface area contributed by atoms with E-state index in [0.29, 0.717) is 0 Å². The third-order valence-electron chi connectivity index (χ3n) is 6.01. The molecule has 150 valence electrons. The van der Waals surface area contributed by atoms with Crippen molar-refractivity contribution in [1.82, 2.24) is 14.8 Å². The number of likely N-dealkylation sites (tertiary alicyclic amines) is 1. The molecule has 0 unspecified atom stereocenters. The Labute approximate surface area is 173 Å². The van der Waals surface area contributed by atoms with Crippen LogP contribution in [0.4, 0.5) is 0 Å². The maximum Gasteiger partial charge on any atom is 0.107 e. The molecule has 1 aromatic heterocycles. The average molecular weight is 388 g/mol. The fraction of sp³-hybridized carbons (Fsp3) is 0.320. The third kappa shape index (κ3) is 4.25. The van der Waals surface area contributed by atoms with Gasteiger partial charge >= 0.3 is 0 Å². The largest absolute Gasteiger partial charge is 0.383 e. The molecule has 0 radical (unpaired) electrons. The quantitative estimate of drug-likeness (QED) is 0.723. The smallest absolute Gasteiger partial charge is 0.107 e. The minimum Gasteiger partial charge on any atom is -0.383 e. The molecular formula is C25H29N3O. The summed E-state index contributed by atoms with van der Waals surface area (Å²) in [5.41, 5.74) is 3.62. The molecule has 3 aromatic rings. The highest BCUT2D eigenvalue weighted by atomic mass is 16.3. The number of rotatable bonds is 5. The van der Waals surface area contributed by atoms with Crippen LogP contribution < -0.4 is 0 Å². The lowest BCUT2D eigenvalue weighted by Crippen LogP contribution is -2.58. The average Bonchev–Trinajstić information content (AvgIpc) is 2.77. The summed E-state index contributed by atoms with van der Waals surface area (Å²) in [5, 5.41) is 11.5. The van der Waals surface area contributed by atoms with Crippen molar-refractivity contribution in [3.63, 3.8) is 0 Å². The van der Waals surface area contributed by atoms with E-state index in [1.54, 1.807) is 0 Å². The summed E-state index contributed by atoms with van der Waals surface area (Å²) in [6.07, 6.45) is 2.55. The molecule has 0 aliphatic carbocycles. The topological polar surface area (TPSA) is 39.6 Å². The Morgan fingerprint density at radius 2 is 1.72 bits per heavy atom. The van der Waals surface area contributed by atoms with Gasteiger partial charge in [0, 0.05) is 31.4 Å². The van der Waals surface area contributed by atoms with Crippen molar-refractivity contribution < 1.29 is 5.11 Å². The number of nitrogens with zero attached hydrogens (tertiary/aromatic N) is 3. The van der Waals surface area contributed by atoms with E-state index in [2.05, 4.69) is 53.1 Å². The molecule has 0 spiro atoms. The summed E-state index contributed by atoms with van der Waals surface area (Å²) >= 11 is 0. The molecular weight excluding hydrogens is 358 g/mol. The van der Waals surface area contributed by atoms with E-state index in [0.717, 1.165) is 42.9 Å². The van der Waals surface area contributed by atoms with E-state index in [-0.39, 0.29) is 6.04 Å². The first-order valence-electron chi connectivity index (χ1n) is 10.2. The number of aliphatic hydroxyl groups is 1. The zero-order chi connectivity index (χ0) is 20.3. The normalized spacial score (nSPS) is 22.7. The van der Waals surface area contributed by atoms with E-state index in [4.69, 9.17) is 0 Å². The monoisotopic (exact) mass is 387 g/mol. The molecule has 1 fully saturated rings. The highest BCUT2D eigenvalue weighted by Crippen LogP contribution is 2.35. The number of pyridine rings is 1. The molecule has 1 N–H and O–H groups in total. The summed E-state index contributed by atoms with van der Waals surface area (Å²) in [6.45, 7) is 2.59. The lowest BCUT2D eigenvalue weighted by Gasteiger charge is -2.47. The standard InChI is InChI=1S/C25H29N3O/c1-27(2)24-19-28(17-15-25(24,29)22-8-4-3-5-9-22)18-20-11-13-21(14-12-20)23-10-6-7-16-26-23/h3-14,16,24,29H,15,17-19H2,1-2H3/t24-,25+/m1/s1. The molecule has 1 saturated heterocycles. The van der Waals surface area contributed by atoms with Gasteiger partial charge in [-0.3, -0.25) is 9.88 Å². The minimum atomic E-state index is -0.815. The second kappa shape index (κ2) is 8.46. The number of hydrogen-bond acceptors (Lipinski definition) is 4.